The first-order chi connectivity index (χ1) is 14.2. The highest BCUT2D eigenvalue weighted by atomic mass is 19.4. The molecule has 0 unspecified atom stereocenters. The number of alkyl halides is 3. The molecule has 0 atom stereocenters. The van der Waals surface area contributed by atoms with Gasteiger partial charge in [0.2, 0.25) is 5.95 Å². The van der Waals surface area contributed by atoms with Crippen LogP contribution < -0.4 is 10.1 Å². The highest BCUT2D eigenvalue weighted by molar-refractivity contribution is 5.90. The van der Waals surface area contributed by atoms with Gasteiger partial charge in [0.1, 0.15) is 5.75 Å². The minimum absolute atomic E-state index is 0.0327. The average Bonchev–Trinajstić information content (AvgIpc) is 3.04. The fourth-order valence-corrected chi connectivity index (χ4v) is 3.47. The van der Waals surface area contributed by atoms with Crippen LogP contribution in [0.4, 0.5) is 24.8 Å². The van der Waals surface area contributed by atoms with E-state index in [1.807, 2.05) is 0 Å². The Balaban J connectivity index is 1.75. The molecule has 3 aromatic rings. The van der Waals surface area contributed by atoms with Gasteiger partial charge in [-0.3, -0.25) is 4.68 Å². The van der Waals surface area contributed by atoms with Crippen LogP contribution in [0.2, 0.25) is 0 Å². The molecule has 0 aliphatic heterocycles. The number of rotatable bonds is 4. The van der Waals surface area contributed by atoms with E-state index in [4.69, 9.17) is 4.74 Å². The topological polar surface area (TPSA) is 102 Å². The Morgan fingerprint density at radius 2 is 2.03 bits per heavy atom. The normalized spacial score (nSPS) is 12.8. The van der Waals surface area contributed by atoms with Crippen LogP contribution in [0.5, 0.6) is 5.75 Å². The van der Waals surface area contributed by atoms with Crippen LogP contribution in [0.3, 0.4) is 0 Å². The van der Waals surface area contributed by atoms with E-state index in [0.717, 1.165) is 17.7 Å². The van der Waals surface area contributed by atoms with Crippen LogP contribution in [-0.2, 0) is 26.1 Å². The number of hydrogen-bond acceptors (Lipinski definition) is 6. The number of fused-ring (bicyclic) bond motifs is 3. The SMILES string of the molecule is COc1cc(Nc2ncc3c(n2)-c2c(c(C(=O)O)nn2C)CC3)cc(C(F)(F)F)c1. The molecule has 2 aromatic heterocycles. The van der Waals surface area contributed by atoms with Gasteiger partial charge in [-0.15, -0.1) is 0 Å². The summed E-state index contributed by atoms with van der Waals surface area (Å²) in [5.74, 6) is -1.02. The largest absolute Gasteiger partial charge is 0.497 e. The summed E-state index contributed by atoms with van der Waals surface area (Å²) in [7, 11) is 2.89. The number of hydrogen-bond donors (Lipinski definition) is 2. The Labute approximate surface area is 168 Å². The molecule has 11 heteroatoms. The van der Waals surface area contributed by atoms with Crippen molar-refractivity contribution in [1.29, 1.82) is 0 Å². The van der Waals surface area contributed by atoms with Gasteiger partial charge >= 0.3 is 12.1 Å². The van der Waals surface area contributed by atoms with Gasteiger partial charge in [-0.25, -0.2) is 14.8 Å². The number of aromatic carboxylic acids is 1. The minimum Gasteiger partial charge on any atom is -0.497 e. The van der Waals surface area contributed by atoms with Gasteiger partial charge in [0.25, 0.3) is 0 Å². The number of carboxylic acids is 1. The molecular formula is C19H16F3N5O3. The van der Waals surface area contributed by atoms with Crippen molar-refractivity contribution in [2.45, 2.75) is 19.0 Å². The maximum absolute atomic E-state index is 13.2. The van der Waals surface area contributed by atoms with Crippen LogP contribution >= 0.6 is 0 Å². The van der Waals surface area contributed by atoms with Gasteiger partial charge in [-0.1, -0.05) is 0 Å². The van der Waals surface area contributed by atoms with Gasteiger partial charge in [-0.2, -0.15) is 18.3 Å². The van der Waals surface area contributed by atoms with Crippen molar-refractivity contribution in [1.82, 2.24) is 19.7 Å². The number of ether oxygens (including phenoxy) is 1. The van der Waals surface area contributed by atoms with Gasteiger partial charge in [-0.05, 0) is 30.5 Å². The Kier molecular flexibility index (Phi) is 4.60. The lowest BCUT2D eigenvalue weighted by Crippen LogP contribution is -2.12. The van der Waals surface area contributed by atoms with E-state index in [-0.39, 0.29) is 23.1 Å². The first kappa shape index (κ1) is 19.7. The summed E-state index contributed by atoms with van der Waals surface area (Å²) >= 11 is 0. The predicted octanol–water partition coefficient (Wildman–Crippen LogP) is 3.44. The fourth-order valence-electron chi connectivity index (χ4n) is 3.47. The maximum atomic E-state index is 13.2. The Morgan fingerprint density at radius 3 is 2.70 bits per heavy atom. The number of benzene rings is 1. The lowest BCUT2D eigenvalue weighted by Gasteiger charge is -2.18. The molecule has 2 N–H and O–H groups in total. The number of anilines is 2. The Hall–Kier alpha value is -3.63. The summed E-state index contributed by atoms with van der Waals surface area (Å²) in [6.45, 7) is 0. The molecule has 0 bridgehead atoms. The number of carbonyl (C=O) groups is 1. The number of aromatic nitrogens is 4. The molecule has 2 heterocycles. The highest BCUT2D eigenvalue weighted by Gasteiger charge is 2.32. The summed E-state index contributed by atoms with van der Waals surface area (Å²) in [4.78, 5) is 20.1. The number of aryl methyl sites for hydroxylation is 2. The molecule has 0 fully saturated rings. The maximum Gasteiger partial charge on any atom is 0.416 e. The van der Waals surface area contributed by atoms with E-state index in [9.17, 15) is 23.1 Å². The Morgan fingerprint density at radius 1 is 1.27 bits per heavy atom. The molecule has 0 spiro atoms. The third kappa shape index (κ3) is 3.42. The van der Waals surface area contributed by atoms with Gasteiger partial charge in [0.05, 0.1) is 24.1 Å². The van der Waals surface area contributed by atoms with Crippen molar-refractivity contribution in [3.63, 3.8) is 0 Å². The molecule has 30 heavy (non-hydrogen) atoms. The van der Waals surface area contributed by atoms with E-state index < -0.39 is 17.7 Å². The Bertz CT molecular complexity index is 1160. The quantitative estimate of drug-likeness (QED) is 0.668. The van der Waals surface area contributed by atoms with Crippen molar-refractivity contribution in [2.75, 3.05) is 12.4 Å². The number of carboxylic acid groups (broad SMARTS) is 1. The van der Waals surface area contributed by atoms with E-state index >= 15 is 0 Å². The summed E-state index contributed by atoms with van der Waals surface area (Å²) in [6.07, 6.45) is -1.95. The zero-order chi connectivity index (χ0) is 21.6. The molecular weight excluding hydrogens is 403 g/mol. The second-order valence-electron chi connectivity index (χ2n) is 6.74. The smallest absolute Gasteiger partial charge is 0.416 e. The van der Waals surface area contributed by atoms with Gasteiger partial charge < -0.3 is 15.2 Å². The van der Waals surface area contributed by atoms with Crippen LogP contribution in [-0.4, -0.2) is 37.9 Å². The first-order valence-corrected chi connectivity index (χ1v) is 8.86. The predicted molar refractivity (Wildman–Crippen MR) is 99.9 cm³/mol. The van der Waals surface area contributed by atoms with Crippen molar-refractivity contribution in [3.8, 4) is 17.1 Å². The molecule has 1 aromatic carbocycles. The molecule has 1 aliphatic rings. The highest BCUT2D eigenvalue weighted by Crippen LogP contribution is 2.36. The number of nitrogens with one attached hydrogen (secondary N) is 1. The summed E-state index contributed by atoms with van der Waals surface area (Å²) in [6, 6.07) is 3.23. The standard InChI is InChI=1S/C19H16F3N5O3/c1-27-16-13(15(26-27)17(28)29)4-3-9-8-23-18(25-14(9)16)24-11-5-10(19(20,21)22)6-12(7-11)30-2/h5-8H,3-4H2,1-2H3,(H,28,29)(H,23,24,25). The van der Waals surface area contributed by atoms with Crippen molar-refractivity contribution in [3.05, 3.63) is 46.8 Å². The molecule has 156 valence electrons. The molecule has 0 saturated carbocycles. The van der Waals surface area contributed by atoms with Crippen molar-refractivity contribution >= 4 is 17.6 Å². The van der Waals surface area contributed by atoms with Gasteiger partial charge in [0, 0.05) is 30.6 Å². The minimum atomic E-state index is -4.54. The first-order valence-electron chi connectivity index (χ1n) is 8.86. The number of methoxy groups -OCH3 is 1. The second-order valence-corrected chi connectivity index (χ2v) is 6.74. The summed E-state index contributed by atoms with van der Waals surface area (Å²) in [5.41, 5.74) is 1.62. The zero-order valence-corrected chi connectivity index (χ0v) is 15.9. The number of halogens is 3. The lowest BCUT2D eigenvalue weighted by atomic mass is 9.93. The van der Waals surface area contributed by atoms with E-state index in [1.54, 1.807) is 13.2 Å². The third-order valence-corrected chi connectivity index (χ3v) is 4.81. The number of nitrogens with zero attached hydrogens (tertiary/aromatic N) is 4. The lowest BCUT2D eigenvalue weighted by molar-refractivity contribution is -0.137. The molecule has 0 amide bonds. The van der Waals surface area contributed by atoms with E-state index in [1.165, 1.54) is 17.9 Å². The monoisotopic (exact) mass is 419 g/mol. The van der Waals surface area contributed by atoms with Crippen LogP contribution in [0.15, 0.2) is 24.4 Å². The summed E-state index contributed by atoms with van der Waals surface area (Å²) < 4.78 is 45.9. The molecule has 1 aliphatic carbocycles. The van der Waals surface area contributed by atoms with E-state index in [0.29, 0.717) is 29.8 Å². The van der Waals surface area contributed by atoms with Crippen molar-refractivity contribution < 1.29 is 27.8 Å². The van der Waals surface area contributed by atoms with Gasteiger partial charge in [0.15, 0.2) is 5.69 Å². The summed E-state index contributed by atoms with van der Waals surface area (Å²) in [5, 5.41) is 16.2. The van der Waals surface area contributed by atoms with Crippen LogP contribution in [0.1, 0.15) is 27.2 Å². The second kappa shape index (κ2) is 7.01. The van der Waals surface area contributed by atoms with Crippen molar-refractivity contribution in [2.24, 2.45) is 7.05 Å². The zero-order valence-electron chi connectivity index (χ0n) is 15.9. The van der Waals surface area contributed by atoms with E-state index in [2.05, 4.69) is 20.4 Å². The average molecular weight is 419 g/mol. The van der Waals surface area contributed by atoms with Crippen LogP contribution in [0, 0.1) is 0 Å². The molecule has 4 rings (SSSR count). The fraction of sp³-hybridized carbons (Fsp3) is 0.263. The molecule has 0 saturated heterocycles. The molecule has 8 nitrogen and oxygen atoms in total. The van der Waals surface area contributed by atoms with Crippen LogP contribution in [0.25, 0.3) is 11.4 Å². The third-order valence-electron chi connectivity index (χ3n) is 4.81. The molecule has 0 radical (unpaired) electrons.